The molecule has 0 spiro atoms. The van der Waals surface area contributed by atoms with Crippen molar-refractivity contribution in [2.45, 2.75) is 38.9 Å². The summed E-state index contributed by atoms with van der Waals surface area (Å²) in [5.74, 6) is -1.05. The summed E-state index contributed by atoms with van der Waals surface area (Å²) in [5.41, 5.74) is 4.61. The van der Waals surface area contributed by atoms with Gasteiger partial charge in [-0.2, -0.15) is 13.2 Å². The van der Waals surface area contributed by atoms with Gasteiger partial charge in [-0.25, -0.2) is 0 Å². The minimum atomic E-state index is -4.46. The summed E-state index contributed by atoms with van der Waals surface area (Å²) in [5, 5.41) is 2.46. The van der Waals surface area contributed by atoms with Crippen LogP contribution in [0.25, 0.3) is 0 Å². The van der Waals surface area contributed by atoms with Gasteiger partial charge in [0.25, 0.3) is 0 Å². The molecule has 7 heteroatoms. The molecule has 3 N–H and O–H groups in total. The third-order valence-electron chi connectivity index (χ3n) is 3.00. The fourth-order valence-electron chi connectivity index (χ4n) is 2.01. The molecule has 0 saturated heterocycles. The topological polar surface area (TPSA) is 72.2 Å². The van der Waals surface area contributed by atoms with Crippen LogP contribution in [0.2, 0.25) is 0 Å². The van der Waals surface area contributed by atoms with E-state index in [4.69, 9.17) is 5.73 Å². The number of nitrogens with one attached hydrogen (secondary N) is 1. The second kappa shape index (κ2) is 7.29. The molecular weight excluding hydrogens is 297 g/mol. The van der Waals surface area contributed by atoms with Crippen LogP contribution < -0.4 is 11.1 Å². The Balaban J connectivity index is 2.74. The zero-order valence-corrected chi connectivity index (χ0v) is 12.4. The Morgan fingerprint density at radius 2 is 1.91 bits per heavy atom. The van der Waals surface area contributed by atoms with E-state index in [0.717, 1.165) is 12.1 Å². The van der Waals surface area contributed by atoms with Crippen LogP contribution >= 0.6 is 0 Å². The molecule has 0 aliphatic carbocycles. The highest BCUT2D eigenvalue weighted by molar-refractivity contribution is 5.87. The van der Waals surface area contributed by atoms with Gasteiger partial charge in [0, 0.05) is 0 Å². The molecule has 0 bridgehead atoms. The second-order valence-electron chi connectivity index (χ2n) is 5.53. The molecule has 122 valence electrons. The molecule has 0 aromatic heterocycles. The van der Waals surface area contributed by atoms with Crippen LogP contribution in [-0.2, 0) is 22.2 Å². The number of carbonyl (C=O) groups is 2. The number of rotatable bonds is 6. The van der Waals surface area contributed by atoms with E-state index >= 15 is 0 Å². The lowest BCUT2D eigenvalue weighted by atomic mass is 10.0. The van der Waals surface area contributed by atoms with E-state index in [1.165, 1.54) is 12.1 Å². The van der Waals surface area contributed by atoms with E-state index in [0.29, 0.717) is 6.42 Å². The predicted molar refractivity (Wildman–Crippen MR) is 75.7 cm³/mol. The number of alkyl halides is 3. The number of amides is 2. The summed E-state index contributed by atoms with van der Waals surface area (Å²) in [7, 11) is 0. The van der Waals surface area contributed by atoms with Crippen molar-refractivity contribution in [2.24, 2.45) is 11.7 Å². The van der Waals surface area contributed by atoms with Gasteiger partial charge in [-0.3, -0.25) is 9.59 Å². The Morgan fingerprint density at radius 3 is 2.41 bits per heavy atom. The minimum absolute atomic E-state index is 0.145. The molecular formula is C15H19F3N2O2. The van der Waals surface area contributed by atoms with E-state index in [1.807, 2.05) is 13.8 Å². The lowest BCUT2D eigenvalue weighted by molar-refractivity contribution is -0.137. The fraction of sp³-hybridized carbons (Fsp3) is 0.467. The molecule has 1 rings (SSSR count). The zero-order valence-electron chi connectivity index (χ0n) is 12.4. The van der Waals surface area contributed by atoms with Gasteiger partial charge in [0.15, 0.2) is 0 Å². The summed E-state index contributed by atoms with van der Waals surface area (Å²) in [6.07, 6.45) is -4.32. The van der Waals surface area contributed by atoms with Crippen molar-refractivity contribution in [3.8, 4) is 0 Å². The van der Waals surface area contributed by atoms with Crippen molar-refractivity contribution in [3.05, 3.63) is 35.4 Å². The van der Waals surface area contributed by atoms with Gasteiger partial charge >= 0.3 is 6.18 Å². The molecule has 0 heterocycles. The van der Waals surface area contributed by atoms with E-state index in [9.17, 15) is 22.8 Å². The van der Waals surface area contributed by atoms with Crippen LogP contribution in [0.4, 0.5) is 13.2 Å². The molecule has 1 aromatic carbocycles. The minimum Gasteiger partial charge on any atom is -0.368 e. The maximum atomic E-state index is 12.6. The van der Waals surface area contributed by atoms with Gasteiger partial charge in [0.1, 0.15) is 6.04 Å². The maximum absolute atomic E-state index is 12.6. The largest absolute Gasteiger partial charge is 0.416 e. The van der Waals surface area contributed by atoms with E-state index in [-0.39, 0.29) is 17.9 Å². The smallest absolute Gasteiger partial charge is 0.368 e. The Bertz CT molecular complexity index is 542. The first-order valence-electron chi connectivity index (χ1n) is 6.84. The third-order valence-corrected chi connectivity index (χ3v) is 3.00. The van der Waals surface area contributed by atoms with Crippen molar-refractivity contribution >= 4 is 11.8 Å². The Morgan fingerprint density at radius 1 is 1.27 bits per heavy atom. The second-order valence-corrected chi connectivity index (χ2v) is 5.53. The van der Waals surface area contributed by atoms with Crippen molar-refractivity contribution in [1.29, 1.82) is 0 Å². The van der Waals surface area contributed by atoms with Crippen LogP contribution in [0.15, 0.2) is 24.3 Å². The zero-order chi connectivity index (χ0) is 16.9. The van der Waals surface area contributed by atoms with Crippen molar-refractivity contribution in [3.63, 3.8) is 0 Å². The molecule has 22 heavy (non-hydrogen) atoms. The van der Waals surface area contributed by atoms with E-state index in [1.54, 1.807) is 0 Å². The average molecular weight is 316 g/mol. The number of halogens is 3. The summed E-state index contributed by atoms with van der Waals surface area (Å²) < 4.78 is 37.8. The SMILES string of the molecule is CC(C)C[C@@H](NC(=O)Cc1cccc(C(F)(F)F)c1)C(N)=O. The first kappa shape index (κ1) is 18.0. The number of hydrogen-bond donors (Lipinski definition) is 2. The molecule has 0 unspecified atom stereocenters. The van der Waals surface area contributed by atoms with Gasteiger partial charge in [0.2, 0.25) is 11.8 Å². The van der Waals surface area contributed by atoms with Crippen molar-refractivity contribution in [1.82, 2.24) is 5.32 Å². The van der Waals surface area contributed by atoms with Crippen LogP contribution in [0, 0.1) is 5.92 Å². The van der Waals surface area contributed by atoms with E-state index < -0.39 is 29.6 Å². The number of hydrogen-bond acceptors (Lipinski definition) is 2. The standard InChI is InChI=1S/C15H19F3N2O2/c1-9(2)6-12(14(19)22)20-13(21)8-10-4-3-5-11(7-10)15(16,17)18/h3-5,7,9,12H,6,8H2,1-2H3,(H2,19,22)(H,20,21)/t12-/m1/s1. The number of benzene rings is 1. The Labute approximate surface area is 126 Å². The lowest BCUT2D eigenvalue weighted by Crippen LogP contribution is -2.45. The predicted octanol–water partition coefficient (Wildman–Crippen LogP) is 2.26. The highest BCUT2D eigenvalue weighted by atomic mass is 19.4. The van der Waals surface area contributed by atoms with Gasteiger partial charge < -0.3 is 11.1 Å². The molecule has 0 aliphatic rings. The normalized spacial score (nSPS) is 13.0. The summed E-state index contributed by atoms with van der Waals surface area (Å²) in [6.45, 7) is 3.74. The van der Waals surface area contributed by atoms with Gasteiger partial charge in [-0.1, -0.05) is 32.0 Å². The fourth-order valence-corrected chi connectivity index (χ4v) is 2.01. The first-order chi connectivity index (χ1) is 10.1. The number of nitrogens with two attached hydrogens (primary N) is 1. The molecule has 0 fully saturated rings. The number of primary amides is 1. The third kappa shape index (κ3) is 5.75. The molecule has 0 radical (unpaired) electrons. The summed E-state index contributed by atoms with van der Waals surface area (Å²) >= 11 is 0. The molecule has 2 amide bonds. The molecule has 1 aromatic rings. The molecule has 0 saturated carbocycles. The first-order valence-corrected chi connectivity index (χ1v) is 6.84. The number of carbonyl (C=O) groups excluding carboxylic acids is 2. The Kier molecular flexibility index (Phi) is 5.96. The van der Waals surface area contributed by atoms with Crippen LogP contribution in [0.3, 0.4) is 0 Å². The Hall–Kier alpha value is -2.05. The average Bonchev–Trinajstić information content (AvgIpc) is 2.36. The van der Waals surface area contributed by atoms with Gasteiger partial charge in [0.05, 0.1) is 12.0 Å². The van der Waals surface area contributed by atoms with Crippen molar-refractivity contribution < 1.29 is 22.8 Å². The molecule has 1 atom stereocenters. The van der Waals surface area contributed by atoms with Crippen molar-refractivity contribution in [2.75, 3.05) is 0 Å². The van der Waals surface area contributed by atoms with Crippen LogP contribution in [0.1, 0.15) is 31.4 Å². The lowest BCUT2D eigenvalue weighted by Gasteiger charge is -2.17. The maximum Gasteiger partial charge on any atom is 0.416 e. The molecule has 4 nitrogen and oxygen atoms in total. The van der Waals surface area contributed by atoms with E-state index in [2.05, 4.69) is 5.32 Å². The quantitative estimate of drug-likeness (QED) is 0.845. The van der Waals surface area contributed by atoms with Crippen LogP contribution in [0.5, 0.6) is 0 Å². The van der Waals surface area contributed by atoms with Gasteiger partial charge in [-0.15, -0.1) is 0 Å². The molecule has 0 aliphatic heterocycles. The monoisotopic (exact) mass is 316 g/mol. The van der Waals surface area contributed by atoms with Gasteiger partial charge in [-0.05, 0) is 24.0 Å². The highest BCUT2D eigenvalue weighted by Crippen LogP contribution is 2.29. The van der Waals surface area contributed by atoms with Crippen LogP contribution in [-0.4, -0.2) is 17.9 Å². The summed E-state index contributed by atoms with van der Waals surface area (Å²) in [4.78, 5) is 23.1. The summed E-state index contributed by atoms with van der Waals surface area (Å²) in [6, 6.07) is 3.70. The highest BCUT2D eigenvalue weighted by Gasteiger charge is 2.30.